The van der Waals surface area contributed by atoms with Crippen molar-refractivity contribution in [3.63, 3.8) is 0 Å². The summed E-state index contributed by atoms with van der Waals surface area (Å²) in [4.78, 5) is 3.77. The minimum absolute atomic E-state index is 0.520. The molecule has 1 aliphatic carbocycles. The number of benzene rings is 2. The SMILES string of the molecule is OC1(Cc2ccccc2)C[C@H]2CN(CSc3ccc4n[nH]nc4c3)C[C@H]2C1. The van der Waals surface area contributed by atoms with Crippen LogP contribution in [0.15, 0.2) is 53.4 Å². The van der Waals surface area contributed by atoms with E-state index in [-0.39, 0.29) is 0 Å². The van der Waals surface area contributed by atoms with Gasteiger partial charge in [0.25, 0.3) is 0 Å². The van der Waals surface area contributed by atoms with Crippen LogP contribution in [0.5, 0.6) is 0 Å². The third kappa shape index (κ3) is 3.61. The molecule has 2 N–H and O–H groups in total. The Morgan fingerprint density at radius 2 is 1.78 bits per heavy atom. The van der Waals surface area contributed by atoms with Crippen molar-refractivity contribution >= 4 is 22.8 Å². The highest BCUT2D eigenvalue weighted by Crippen LogP contribution is 2.45. The molecule has 0 radical (unpaired) electrons. The largest absolute Gasteiger partial charge is 0.390 e. The van der Waals surface area contributed by atoms with Gasteiger partial charge in [-0.1, -0.05) is 30.3 Å². The zero-order valence-electron chi connectivity index (χ0n) is 15.2. The molecule has 5 nitrogen and oxygen atoms in total. The molecule has 27 heavy (non-hydrogen) atoms. The number of likely N-dealkylation sites (tertiary alicyclic amines) is 1. The lowest BCUT2D eigenvalue weighted by Crippen LogP contribution is -2.32. The van der Waals surface area contributed by atoms with E-state index in [0.717, 1.165) is 49.3 Å². The van der Waals surface area contributed by atoms with E-state index < -0.39 is 5.60 Å². The predicted octanol–water partition coefficient (Wildman–Crippen LogP) is 3.32. The molecule has 3 atom stereocenters. The molecule has 6 heteroatoms. The van der Waals surface area contributed by atoms with Gasteiger partial charge in [0.1, 0.15) is 11.0 Å². The maximum absolute atomic E-state index is 11.1. The van der Waals surface area contributed by atoms with Crippen LogP contribution >= 0.6 is 11.8 Å². The molecule has 3 aromatic rings. The summed E-state index contributed by atoms with van der Waals surface area (Å²) in [7, 11) is 0. The number of aromatic nitrogens is 3. The molecule has 1 aliphatic heterocycles. The van der Waals surface area contributed by atoms with Gasteiger partial charge < -0.3 is 5.11 Å². The molecule has 0 bridgehead atoms. The van der Waals surface area contributed by atoms with E-state index in [1.54, 1.807) is 0 Å². The van der Waals surface area contributed by atoms with Crippen molar-refractivity contribution in [3.05, 3.63) is 54.1 Å². The second-order valence-corrected chi connectivity index (χ2v) is 9.12. The van der Waals surface area contributed by atoms with E-state index in [1.807, 2.05) is 23.9 Å². The molecule has 2 heterocycles. The van der Waals surface area contributed by atoms with E-state index in [4.69, 9.17) is 0 Å². The highest BCUT2D eigenvalue weighted by atomic mass is 32.2. The number of aromatic amines is 1. The lowest BCUT2D eigenvalue weighted by Gasteiger charge is -2.26. The summed E-state index contributed by atoms with van der Waals surface area (Å²) in [5.41, 5.74) is 2.56. The van der Waals surface area contributed by atoms with Gasteiger partial charge in [-0.15, -0.1) is 11.8 Å². The van der Waals surface area contributed by atoms with Crippen molar-refractivity contribution in [2.45, 2.75) is 29.8 Å². The van der Waals surface area contributed by atoms with Gasteiger partial charge in [0.05, 0.1) is 5.60 Å². The summed E-state index contributed by atoms with van der Waals surface area (Å²) in [5, 5.41) is 22.0. The third-order valence-corrected chi connectivity index (χ3v) is 7.10. The number of rotatable bonds is 5. The summed E-state index contributed by atoms with van der Waals surface area (Å²) in [6, 6.07) is 16.6. The minimum Gasteiger partial charge on any atom is -0.390 e. The standard InChI is InChI=1S/C21H24N4OS/c26-21(9-15-4-2-1-3-5-15)10-16-12-25(13-17(16)11-21)14-27-18-6-7-19-20(8-18)23-24-22-19/h1-8,16-17,26H,9-14H2,(H,22,23,24)/t16-,17+,21?. The first-order chi connectivity index (χ1) is 13.2. The minimum atomic E-state index is -0.520. The topological polar surface area (TPSA) is 65.0 Å². The molecule has 2 aromatic carbocycles. The number of H-pyrrole nitrogens is 1. The molecule has 5 rings (SSSR count). The van der Waals surface area contributed by atoms with Gasteiger partial charge in [-0.25, -0.2) is 0 Å². The van der Waals surface area contributed by atoms with Crippen LogP contribution in [0.3, 0.4) is 0 Å². The second kappa shape index (κ2) is 6.93. The molecule has 2 aliphatic rings. The number of hydrogen-bond donors (Lipinski definition) is 2. The molecule has 1 saturated carbocycles. The predicted molar refractivity (Wildman–Crippen MR) is 107 cm³/mol. The summed E-state index contributed by atoms with van der Waals surface area (Å²) in [6.07, 6.45) is 2.64. The van der Waals surface area contributed by atoms with Gasteiger partial charge in [-0.2, -0.15) is 15.4 Å². The van der Waals surface area contributed by atoms with Crippen LogP contribution < -0.4 is 0 Å². The summed E-state index contributed by atoms with van der Waals surface area (Å²) in [5.74, 6) is 2.24. The van der Waals surface area contributed by atoms with Gasteiger partial charge in [0.15, 0.2) is 0 Å². The molecular formula is C21H24N4OS. The lowest BCUT2D eigenvalue weighted by molar-refractivity contribution is 0.0362. The van der Waals surface area contributed by atoms with Crippen LogP contribution in [-0.4, -0.2) is 50.0 Å². The zero-order valence-corrected chi connectivity index (χ0v) is 16.0. The first kappa shape index (κ1) is 17.2. The molecule has 2 fully saturated rings. The fourth-order valence-electron chi connectivity index (χ4n) is 4.86. The lowest BCUT2D eigenvalue weighted by atomic mass is 9.91. The maximum Gasteiger partial charge on any atom is 0.114 e. The summed E-state index contributed by atoms with van der Waals surface area (Å²) in [6.45, 7) is 2.20. The fourth-order valence-corrected chi connectivity index (χ4v) is 5.76. The van der Waals surface area contributed by atoms with Crippen LogP contribution in [0, 0.1) is 11.8 Å². The molecule has 0 amide bonds. The van der Waals surface area contributed by atoms with Crippen LogP contribution in [0.1, 0.15) is 18.4 Å². The number of thioether (sulfide) groups is 1. The number of nitrogens with one attached hydrogen (secondary N) is 1. The van der Waals surface area contributed by atoms with Crippen molar-refractivity contribution in [2.24, 2.45) is 11.8 Å². The summed E-state index contributed by atoms with van der Waals surface area (Å²) >= 11 is 1.86. The van der Waals surface area contributed by atoms with Crippen molar-refractivity contribution in [1.82, 2.24) is 20.3 Å². The molecule has 1 saturated heterocycles. The molecule has 0 spiro atoms. The van der Waals surface area contributed by atoms with E-state index in [2.05, 4.69) is 56.7 Å². The Hall–Kier alpha value is -1.89. The Bertz CT molecular complexity index is 914. The Morgan fingerprint density at radius 1 is 1.04 bits per heavy atom. The number of fused-ring (bicyclic) bond motifs is 2. The highest BCUT2D eigenvalue weighted by molar-refractivity contribution is 7.99. The average Bonchev–Trinajstić information content (AvgIpc) is 3.33. The Kier molecular flexibility index (Phi) is 4.42. The van der Waals surface area contributed by atoms with Gasteiger partial charge in [0.2, 0.25) is 0 Å². The maximum atomic E-state index is 11.1. The van der Waals surface area contributed by atoms with Crippen LogP contribution in [0.4, 0.5) is 0 Å². The van der Waals surface area contributed by atoms with Crippen LogP contribution in [0.2, 0.25) is 0 Å². The van der Waals surface area contributed by atoms with E-state index in [0.29, 0.717) is 11.8 Å². The van der Waals surface area contributed by atoms with Crippen LogP contribution in [0.25, 0.3) is 11.0 Å². The first-order valence-corrected chi connectivity index (χ1v) is 10.6. The average molecular weight is 381 g/mol. The zero-order chi connectivity index (χ0) is 18.3. The van der Waals surface area contributed by atoms with E-state index in [1.165, 1.54) is 10.5 Å². The van der Waals surface area contributed by atoms with Crippen molar-refractivity contribution in [2.75, 3.05) is 19.0 Å². The molecule has 1 aromatic heterocycles. The summed E-state index contributed by atoms with van der Waals surface area (Å²) < 4.78 is 0. The number of nitrogens with zero attached hydrogens (tertiary/aromatic N) is 3. The first-order valence-electron chi connectivity index (χ1n) is 9.59. The Morgan fingerprint density at radius 3 is 2.56 bits per heavy atom. The highest BCUT2D eigenvalue weighted by Gasteiger charge is 2.47. The Labute approximate surface area is 163 Å². The molecular weight excluding hydrogens is 356 g/mol. The third-order valence-electron chi connectivity index (χ3n) is 6.01. The smallest absolute Gasteiger partial charge is 0.114 e. The molecule has 1 unspecified atom stereocenters. The van der Waals surface area contributed by atoms with Crippen molar-refractivity contribution < 1.29 is 5.11 Å². The second-order valence-electron chi connectivity index (χ2n) is 8.10. The normalized spacial score (nSPS) is 28.0. The fraction of sp³-hybridized carbons (Fsp3) is 0.429. The van der Waals surface area contributed by atoms with Gasteiger partial charge in [-0.3, -0.25) is 4.90 Å². The monoisotopic (exact) mass is 380 g/mol. The Balaban J connectivity index is 1.16. The quantitative estimate of drug-likeness (QED) is 0.665. The van der Waals surface area contributed by atoms with Gasteiger partial charge in [-0.05, 0) is 48.4 Å². The number of aliphatic hydroxyl groups is 1. The van der Waals surface area contributed by atoms with Gasteiger partial charge in [0, 0.05) is 30.3 Å². The van der Waals surface area contributed by atoms with E-state index >= 15 is 0 Å². The van der Waals surface area contributed by atoms with E-state index in [9.17, 15) is 5.11 Å². The van der Waals surface area contributed by atoms with Crippen LogP contribution in [-0.2, 0) is 6.42 Å². The van der Waals surface area contributed by atoms with Crippen molar-refractivity contribution in [1.29, 1.82) is 0 Å². The number of hydrogen-bond acceptors (Lipinski definition) is 5. The molecule has 140 valence electrons. The van der Waals surface area contributed by atoms with Crippen molar-refractivity contribution in [3.8, 4) is 0 Å². The van der Waals surface area contributed by atoms with Gasteiger partial charge >= 0.3 is 0 Å².